The van der Waals surface area contributed by atoms with Gasteiger partial charge in [-0.05, 0) is 61.2 Å². The van der Waals surface area contributed by atoms with Gasteiger partial charge in [0.1, 0.15) is 11.6 Å². The summed E-state index contributed by atoms with van der Waals surface area (Å²) in [5.74, 6) is -0.114. The number of carbonyl (C=O) groups excluding carboxylic acids is 2. The van der Waals surface area contributed by atoms with Gasteiger partial charge in [-0.3, -0.25) is 9.59 Å². The number of ketones is 1. The predicted molar refractivity (Wildman–Crippen MR) is 118 cm³/mol. The van der Waals surface area contributed by atoms with Crippen molar-refractivity contribution < 1.29 is 14.0 Å². The van der Waals surface area contributed by atoms with Gasteiger partial charge in [0.25, 0.3) is 5.91 Å². The van der Waals surface area contributed by atoms with Gasteiger partial charge in [-0.15, -0.1) is 0 Å². The van der Waals surface area contributed by atoms with E-state index in [1.54, 1.807) is 30.5 Å². The quantitative estimate of drug-likeness (QED) is 0.605. The van der Waals surface area contributed by atoms with Crippen molar-refractivity contribution in [1.82, 2.24) is 10.3 Å². The summed E-state index contributed by atoms with van der Waals surface area (Å²) in [6.07, 6.45) is 5.43. The normalized spacial score (nSPS) is 13.6. The number of hydrogen-bond acceptors (Lipinski definition) is 4. The van der Waals surface area contributed by atoms with Crippen molar-refractivity contribution in [2.24, 2.45) is 0 Å². The van der Waals surface area contributed by atoms with E-state index < -0.39 is 5.82 Å². The van der Waals surface area contributed by atoms with E-state index in [0.29, 0.717) is 12.1 Å². The SMILES string of the molecule is O=C(NCc1ccc(N2CCCCC2)nc1)c1ccccc1C(=O)c1ccc(F)cc1. The molecule has 0 atom stereocenters. The lowest BCUT2D eigenvalue weighted by atomic mass is 9.98. The minimum Gasteiger partial charge on any atom is -0.357 e. The molecule has 1 aromatic heterocycles. The van der Waals surface area contributed by atoms with E-state index in [9.17, 15) is 14.0 Å². The number of halogens is 1. The van der Waals surface area contributed by atoms with Gasteiger partial charge in [-0.25, -0.2) is 9.37 Å². The lowest BCUT2D eigenvalue weighted by Gasteiger charge is -2.27. The maximum atomic E-state index is 13.2. The Hall–Kier alpha value is -3.54. The fourth-order valence-electron chi connectivity index (χ4n) is 3.74. The summed E-state index contributed by atoms with van der Waals surface area (Å²) >= 11 is 0. The first kappa shape index (κ1) is 20.7. The second-order valence-electron chi connectivity index (χ2n) is 7.64. The summed E-state index contributed by atoms with van der Waals surface area (Å²) in [5, 5.41) is 2.87. The smallest absolute Gasteiger partial charge is 0.252 e. The van der Waals surface area contributed by atoms with Crippen LogP contribution in [0.2, 0.25) is 0 Å². The number of anilines is 1. The van der Waals surface area contributed by atoms with Gasteiger partial charge < -0.3 is 10.2 Å². The summed E-state index contributed by atoms with van der Waals surface area (Å²) in [5.41, 5.74) is 1.79. The van der Waals surface area contributed by atoms with E-state index in [-0.39, 0.29) is 22.8 Å². The third-order valence-electron chi connectivity index (χ3n) is 5.46. The molecule has 5 nitrogen and oxygen atoms in total. The molecule has 1 aliphatic rings. The standard InChI is InChI=1S/C25H24FN3O2/c26-20-11-9-19(10-12-20)24(30)21-6-2-3-7-22(21)25(31)28-17-18-8-13-23(27-16-18)29-14-4-1-5-15-29/h2-3,6-13,16H,1,4-5,14-15,17H2,(H,28,31). The van der Waals surface area contributed by atoms with Crippen molar-refractivity contribution in [2.45, 2.75) is 25.8 Å². The second-order valence-corrected chi connectivity index (χ2v) is 7.64. The molecular formula is C25H24FN3O2. The monoisotopic (exact) mass is 417 g/mol. The maximum absolute atomic E-state index is 13.2. The van der Waals surface area contributed by atoms with Crippen molar-refractivity contribution in [3.05, 3.63) is 94.9 Å². The summed E-state index contributed by atoms with van der Waals surface area (Å²) in [6, 6.07) is 15.9. The third kappa shape index (κ3) is 4.97. The average Bonchev–Trinajstić information content (AvgIpc) is 2.83. The Morgan fingerprint density at radius 2 is 1.61 bits per heavy atom. The van der Waals surface area contributed by atoms with Gasteiger partial charge in [0, 0.05) is 37.0 Å². The van der Waals surface area contributed by atoms with Gasteiger partial charge in [0.15, 0.2) is 5.78 Å². The molecule has 3 aromatic rings. The van der Waals surface area contributed by atoms with Crippen molar-refractivity contribution in [1.29, 1.82) is 0 Å². The summed E-state index contributed by atoms with van der Waals surface area (Å²) < 4.78 is 13.2. The van der Waals surface area contributed by atoms with Gasteiger partial charge in [-0.1, -0.05) is 24.3 Å². The molecule has 31 heavy (non-hydrogen) atoms. The van der Waals surface area contributed by atoms with Crippen molar-refractivity contribution in [2.75, 3.05) is 18.0 Å². The van der Waals surface area contributed by atoms with Crippen LogP contribution in [0.4, 0.5) is 10.2 Å². The molecule has 0 saturated carbocycles. The number of rotatable bonds is 6. The molecule has 0 spiro atoms. The molecule has 2 aromatic carbocycles. The molecule has 158 valence electrons. The molecule has 1 aliphatic heterocycles. The number of aromatic nitrogens is 1. The zero-order valence-corrected chi connectivity index (χ0v) is 17.2. The first-order valence-electron chi connectivity index (χ1n) is 10.5. The van der Waals surface area contributed by atoms with E-state index in [2.05, 4.69) is 15.2 Å². The Morgan fingerprint density at radius 1 is 0.903 bits per heavy atom. The number of nitrogens with zero attached hydrogens (tertiary/aromatic N) is 2. The van der Waals surface area contributed by atoms with E-state index in [4.69, 9.17) is 0 Å². The van der Waals surface area contributed by atoms with Gasteiger partial charge >= 0.3 is 0 Å². The predicted octanol–water partition coefficient (Wildman–Crippen LogP) is 4.37. The van der Waals surface area contributed by atoms with E-state index in [1.165, 1.54) is 43.5 Å². The molecule has 2 heterocycles. The van der Waals surface area contributed by atoms with Crippen molar-refractivity contribution in [3.63, 3.8) is 0 Å². The topological polar surface area (TPSA) is 62.3 Å². The first-order chi connectivity index (χ1) is 15.1. The average molecular weight is 417 g/mol. The number of amides is 1. The number of benzene rings is 2. The van der Waals surface area contributed by atoms with E-state index in [1.807, 2.05) is 12.1 Å². The van der Waals surface area contributed by atoms with Crippen LogP contribution in [-0.4, -0.2) is 29.8 Å². The highest BCUT2D eigenvalue weighted by molar-refractivity contribution is 6.15. The Morgan fingerprint density at radius 3 is 2.29 bits per heavy atom. The van der Waals surface area contributed by atoms with Crippen LogP contribution in [0.3, 0.4) is 0 Å². The number of piperidine rings is 1. The minimum absolute atomic E-state index is 0.283. The maximum Gasteiger partial charge on any atom is 0.252 e. The Balaban J connectivity index is 1.43. The van der Waals surface area contributed by atoms with E-state index in [0.717, 1.165) is 24.5 Å². The van der Waals surface area contributed by atoms with Crippen molar-refractivity contribution >= 4 is 17.5 Å². The number of pyridine rings is 1. The molecule has 1 amide bonds. The lowest BCUT2D eigenvalue weighted by Crippen LogP contribution is -2.30. The molecule has 6 heteroatoms. The number of carbonyl (C=O) groups is 2. The lowest BCUT2D eigenvalue weighted by molar-refractivity contribution is 0.0939. The van der Waals surface area contributed by atoms with Gasteiger partial charge in [0.2, 0.25) is 0 Å². The highest BCUT2D eigenvalue weighted by Gasteiger charge is 2.18. The van der Waals surface area contributed by atoms with Crippen molar-refractivity contribution in [3.8, 4) is 0 Å². The van der Waals surface area contributed by atoms with E-state index >= 15 is 0 Å². The zero-order valence-electron chi connectivity index (χ0n) is 17.2. The molecule has 0 unspecified atom stereocenters. The van der Waals surface area contributed by atoms with Crippen LogP contribution in [0.5, 0.6) is 0 Å². The summed E-state index contributed by atoms with van der Waals surface area (Å²) in [4.78, 5) is 32.4. The van der Waals surface area contributed by atoms with Crippen LogP contribution in [0.25, 0.3) is 0 Å². The minimum atomic E-state index is -0.414. The highest BCUT2D eigenvalue weighted by Crippen LogP contribution is 2.18. The van der Waals surface area contributed by atoms with Crippen LogP contribution in [0.15, 0.2) is 66.9 Å². The van der Waals surface area contributed by atoms with Crippen LogP contribution < -0.4 is 10.2 Å². The molecule has 4 rings (SSSR count). The zero-order chi connectivity index (χ0) is 21.6. The summed E-state index contributed by atoms with van der Waals surface area (Å²) in [6.45, 7) is 2.37. The van der Waals surface area contributed by atoms with Crippen LogP contribution in [-0.2, 0) is 6.54 Å². The number of hydrogen-bond donors (Lipinski definition) is 1. The third-order valence-corrected chi connectivity index (χ3v) is 5.46. The van der Waals surface area contributed by atoms with Gasteiger partial charge in [0.05, 0.1) is 5.56 Å². The fourth-order valence-corrected chi connectivity index (χ4v) is 3.74. The molecule has 1 N–H and O–H groups in total. The Bertz CT molecular complexity index is 1060. The molecule has 1 fully saturated rings. The molecule has 0 aliphatic carbocycles. The van der Waals surface area contributed by atoms with Gasteiger partial charge in [-0.2, -0.15) is 0 Å². The van der Waals surface area contributed by atoms with Crippen LogP contribution >= 0.6 is 0 Å². The molecule has 1 saturated heterocycles. The highest BCUT2D eigenvalue weighted by atomic mass is 19.1. The first-order valence-corrected chi connectivity index (χ1v) is 10.5. The number of nitrogens with one attached hydrogen (secondary N) is 1. The molecule has 0 radical (unpaired) electrons. The molecule has 0 bridgehead atoms. The van der Waals surface area contributed by atoms with Crippen LogP contribution in [0, 0.1) is 5.82 Å². The fraction of sp³-hybridized carbons (Fsp3) is 0.240. The largest absolute Gasteiger partial charge is 0.357 e. The Labute approximate surface area is 180 Å². The van der Waals surface area contributed by atoms with Crippen LogP contribution in [0.1, 0.15) is 51.1 Å². The second kappa shape index (κ2) is 9.51. The summed E-state index contributed by atoms with van der Waals surface area (Å²) in [7, 11) is 0. The Kier molecular flexibility index (Phi) is 6.36. The molecular weight excluding hydrogens is 393 g/mol.